The zero-order chi connectivity index (χ0) is 14.7. The summed E-state index contributed by atoms with van der Waals surface area (Å²) in [7, 11) is 0. The molecule has 21 heavy (non-hydrogen) atoms. The van der Waals surface area contributed by atoms with Crippen LogP contribution in [0, 0.1) is 4.77 Å². The summed E-state index contributed by atoms with van der Waals surface area (Å²) in [5, 5.41) is 15.5. The predicted molar refractivity (Wildman–Crippen MR) is 83.3 cm³/mol. The molecule has 1 aromatic carbocycles. The van der Waals surface area contributed by atoms with E-state index in [9.17, 15) is 0 Å². The molecule has 7 heteroatoms. The molecule has 106 valence electrons. The summed E-state index contributed by atoms with van der Waals surface area (Å²) in [4.78, 5) is 0. The summed E-state index contributed by atoms with van der Waals surface area (Å²) >= 11 is 5.15. The van der Waals surface area contributed by atoms with Gasteiger partial charge < -0.3 is 0 Å². The van der Waals surface area contributed by atoms with Crippen LogP contribution in [0.2, 0.25) is 0 Å². The van der Waals surface area contributed by atoms with Gasteiger partial charge in [-0.2, -0.15) is 20.0 Å². The number of para-hydroxylation sites is 1. The number of aromatic amines is 1. The van der Waals surface area contributed by atoms with Gasteiger partial charge in [0.15, 0.2) is 5.82 Å². The Hall–Kier alpha value is -2.54. The van der Waals surface area contributed by atoms with Crippen LogP contribution in [0.1, 0.15) is 18.3 Å². The minimum absolute atomic E-state index is 0.485. The van der Waals surface area contributed by atoms with E-state index in [1.165, 1.54) is 0 Å². The highest BCUT2D eigenvalue weighted by Crippen LogP contribution is 2.06. The number of aryl methyl sites for hydroxylation is 1. The van der Waals surface area contributed by atoms with E-state index in [4.69, 9.17) is 12.2 Å². The molecule has 0 aliphatic heterocycles. The molecule has 0 spiro atoms. The van der Waals surface area contributed by atoms with Crippen LogP contribution in [0.3, 0.4) is 0 Å². The predicted octanol–water partition coefficient (Wildman–Crippen LogP) is 2.57. The third-order valence-corrected chi connectivity index (χ3v) is 3.24. The van der Waals surface area contributed by atoms with E-state index in [-0.39, 0.29) is 0 Å². The number of benzene rings is 1. The van der Waals surface area contributed by atoms with E-state index in [0.29, 0.717) is 4.77 Å². The lowest BCUT2D eigenvalue weighted by Gasteiger charge is -1.98. The van der Waals surface area contributed by atoms with Gasteiger partial charge in [-0.1, -0.05) is 25.1 Å². The maximum atomic E-state index is 5.15. The van der Waals surface area contributed by atoms with Gasteiger partial charge in [-0.05, 0) is 24.4 Å². The van der Waals surface area contributed by atoms with Crippen LogP contribution < -0.4 is 0 Å². The number of nitrogens with one attached hydrogen (secondary N) is 1. The van der Waals surface area contributed by atoms with Crippen molar-refractivity contribution >= 4 is 18.4 Å². The normalized spacial score (nSPS) is 11.3. The highest BCUT2D eigenvalue weighted by Gasteiger charge is 2.02. The van der Waals surface area contributed by atoms with E-state index in [1.54, 1.807) is 21.8 Å². The molecule has 0 amide bonds. The minimum Gasteiger partial charge on any atom is -0.250 e. The Bertz CT molecular complexity index is 811. The molecule has 0 aliphatic rings. The molecule has 3 aromatic rings. The van der Waals surface area contributed by atoms with Crippen molar-refractivity contribution in [3.63, 3.8) is 0 Å². The van der Waals surface area contributed by atoms with Crippen LogP contribution in [-0.4, -0.2) is 30.9 Å². The maximum Gasteiger partial charge on any atom is 0.216 e. The second-order valence-electron chi connectivity index (χ2n) is 4.41. The molecule has 0 bridgehead atoms. The number of hydrogen-bond acceptors (Lipinski definition) is 4. The fourth-order valence-electron chi connectivity index (χ4n) is 1.92. The van der Waals surface area contributed by atoms with Crippen LogP contribution in [0.5, 0.6) is 0 Å². The van der Waals surface area contributed by atoms with Crippen LogP contribution >= 0.6 is 12.2 Å². The van der Waals surface area contributed by atoms with E-state index in [1.807, 2.05) is 43.5 Å². The molecular formula is C14H14N6S. The maximum absolute atomic E-state index is 5.15. The zero-order valence-corrected chi connectivity index (χ0v) is 12.3. The molecule has 0 radical (unpaired) electrons. The van der Waals surface area contributed by atoms with Crippen molar-refractivity contribution in [1.29, 1.82) is 0 Å². The Morgan fingerprint density at radius 1 is 1.33 bits per heavy atom. The second kappa shape index (κ2) is 5.84. The zero-order valence-electron chi connectivity index (χ0n) is 11.5. The quantitative estimate of drug-likeness (QED) is 0.595. The first-order valence-electron chi connectivity index (χ1n) is 6.58. The number of nitrogens with zero attached hydrogens (tertiary/aromatic N) is 5. The van der Waals surface area contributed by atoms with Crippen LogP contribution in [0.4, 0.5) is 0 Å². The van der Waals surface area contributed by atoms with Crippen LogP contribution in [-0.2, 0) is 6.42 Å². The summed E-state index contributed by atoms with van der Waals surface area (Å²) in [5.74, 6) is 0.798. The van der Waals surface area contributed by atoms with Crippen molar-refractivity contribution in [3.05, 3.63) is 58.9 Å². The average Bonchev–Trinajstić information content (AvgIpc) is 3.13. The summed E-state index contributed by atoms with van der Waals surface area (Å²) in [6.45, 7) is 2.00. The van der Waals surface area contributed by atoms with E-state index in [2.05, 4.69) is 20.4 Å². The molecule has 0 aliphatic carbocycles. The standard InChI is InChI=1S/C14H14N6S/c1-2-13-17-18-14(21)20(13)16-9-11-8-15-19(10-11)12-6-4-3-5-7-12/h3-10H,2H2,1H3,(H,18,21)/b16-9-. The highest BCUT2D eigenvalue weighted by molar-refractivity contribution is 7.71. The van der Waals surface area contributed by atoms with Crippen LogP contribution in [0.25, 0.3) is 5.69 Å². The minimum atomic E-state index is 0.485. The first-order chi connectivity index (χ1) is 10.3. The Morgan fingerprint density at radius 3 is 2.90 bits per heavy atom. The topological polar surface area (TPSA) is 63.8 Å². The number of hydrogen-bond donors (Lipinski definition) is 1. The lowest BCUT2D eigenvalue weighted by molar-refractivity contribution is 0.780. The largest absolute Gasteiger partial charge is 0.250 e. The Morgan fingerprint density at radius 2 is 2.14 bits per heavy atom. The van der Waals surface area contributed by atoms with Crippen molar-refractivity contribution in [2.45, 2.75) is 13.3 Å². The van der Waals surface area contributed by atoms with Gasteiger partial charge in [0.05, 0.1) is 18.1 Å². The van der Waals surface area contributed by atoms with Gasteiger partial charge in [0, 0.05) is 18.2 Å². The van der Waals surface area contributed by atoms with Crippen molar-refractivity contribution in [2.75, 3.05) is 0 Å². The summed E-state index contributed by atoms with van der Waals surface area (Å²) in [5.41, 5.74) is 1.90. The molecule has 3 rings (SSSR count). The monoisotopic (exact) mass is 298 g/mol. The van der Waals surface area contributed by atoms with Crippen molar-refractivity contribution in [3.8, 4) is 5.69 Å². The van der Waals surface area contributed by atoms with Gasteiger partial charge in [-0.15, -0.1) is 0 Å². The molecule has 1 N–H and O–H groups in total. The van der Waals surface area contributed by atoms with Crippen molar-refractivity contribution in [2.24, 2.45) is 5.10 Å². The average molecular weight is 298 g/mol. The molecule has 2 heterocycles. The molecule has 6 nitrogen and oxygen atoms in total. The lowest BCUT2D eigenvalue weighted by Crippen LogP contribution is -1.97. The Labute approximate surface area is 126 Å². The third-order valence-electron chi connectivity index (χ3n) is 2.98. The molecular weight excluding hydrogens is 284 g/mol. The summed E-state index contributed by atoms with van der Waals surface area (Å²) < 4.78 is 3.91. The van der Waals surface area contributed by atoms with Crippen molar-refractivity contribution in [1.82, 2.24) is 24.7 Å². The van der Waals surface area contributed by atoms with E-state index in [0.717, 1.165) is 23.5 Å². The first-order valence-corrected chi connectivity index (χ1v) is 6.99. The second-order valence-corrected chi connectivity index (χ2v) is 4.80. The molecule has 2 aromatic heterocycles. The fraction of sp³-hybridized carbons (Fsp3) is 0.143. The summed E-state index contributed by atoms with van der Waals surface area (Å²) in [6.07, 6.45) is 6.14. The van der Waals surface area contributed by atoms with Gasteiger partial charge in [0.2, 0.25) is 4.77 Å². The lowest BCUT2D eigenvalue weighted by atomic mass is 10.3. The molecule has 0 saturated heterocycles. The number of rotatable bonds is 4. The smallest absolute Gasteiger partial charge is 0.216 e. The third kappa shape index (κ3) is 2.82. The summed E-state index contributed by atoms with van der Waals surface area (Å²) in [6, 6.07) is 9.92. The van der Waals surface area contributed by atoms with Gasteiger partial charge in [-0.3, -0.25) is 5.10 Å². The first kappa shape index (κ1) is 13.4. The van der Waals surface area contributed by atoms with E-state index >= 15 is 0 Å². The highest BCUT2D eigenvalue weighted by atomic mass is 32.1. The molecule has 0 fully saturated rings. The van der Waals surface area contributed by atoms with Gasteiger partial charge in [-0.25, -0.2) is 4.68 Å². The van der Waals surface area contributed by atoms with Crippen LogP contribution in [0.15, 0.2) is 47.8 Å². The number of H-pyrrole nitrogens is 1. The molecule has 0 atom stereocenters. The Balaban J connectivity index is 1.86. The number of aromatic nitrogens is 5. The SMILES string of the molecule is CCc1n[nH]c(=S)n1/N=C\c1cnn(-c2ccccc2)c1. The van der Waals surface area contributed by atoms with Gasteiger partial charge in [0.1, 0.15) is 0 Å². The Kier molecular flexibility index (Phi) is 3.74. The fourth-order valence-corrected chi connectivity index (χ4v) is 2.12. The van der Waals surface area contributed by atoms with Gasteiger partial charge in [0.25, 0.3) is 0 Å². The molecule has 0 unspecified atom stereocenters. The van der Waals surface area contributed by atoms with E-state index < -0.39 is 0 Å². The van der Waals surface area contributed by atoms with Crippen molar-refractivity contribution < 1.29 is 0 Å². The molecule has 0 saturated carbocycles. The van der Waals surface area contributed by atoms with Gasteiger partial charge >= 0.3 is 0 Å².